The van der Waals surface area contributed by atoms with Crippen LogP contribution < -0.4 is 26.0 Å². The van der Waals surface area contributed by atoms with Gasteiger partial charge in [0.05, 0.1) is 5.54 Å². The Kier molecular flexibility index (Phi) is 5.57. The van der Waals surface area contributed by atoms with Crippen LogP contribution in [0.3, 0.4) is 0 Å². The highest BCUT2D eigenvalue weighted by molar-refractivity contribution is 6.02. The minimum absolute atomic E-state index is 0.0445. The van der Waals surface area contributed by atoms with Crippen LogP contribution in [-0.2, 0) is 0 Å². The molecule has 1 fully saturated rings. The van der Waals surface area contributed by atoms with E-state index in [1.54, 1.807) is 0 Å². The van der Waals surface area contributed by atoms with E-state index in [4.69, 9.17) is 4.74 Å². The number of ether oxygens (including phenoxy) is 1. The molecule has 2 aliphatic rings. The fraction of sp³-hybridized carbons (Fsp3) is 0.381. The van der Waals surface area contributed by atoms with E-state index < -0.39 is 18.3 Å². The average Bonchev–Trinajstić information content (AvgIpc) is 2.68. The molecule has 1 aliphatic heterocycles. The first-order valence-electron chi connectivity index (χ1n) is 10.1. The number of hydrogen-bond acceptors (Lipinski definition) is 7. The number of nitrogens with one attached hydrogen (secondary N) is 4. The SMILES string of the molecule is C=C(NCC(F)(F)F)C1(Nc2nc(Nc3cccc(C)c3)c3c(n2)OCNC3=O)CCC1. The van der Waals surface area contributed by atoms with Crippen LogP contribution in [0.15, 0.2) is 36.5 Å². The number of halogens is 3. The summed E-state index contributed by atoms with van der Waals surface area (Å²) in [5.41, 5.74) is 1.27. The van der Waals surface area contributed by atoms with Gasteiger partial charge < -0.3 is 26.0 Å². The standard InChI is InChI=1S/C21H23F3N6O2/c1-12-5-3-6-14(9-12)27-16-15-17(31)26-11-32-18(15)29-19(28-16)30-20(7-4-8-20)13(2)25-10-21(22,23)24/h3,5-6,9,25H,2,4,7-8,10-11H2,1H3,(H,26,31)(H2,27,28,29,30). The molecule has 11 heteroatoms. The lowest BCUT2D eigenvalue weighted by atomic mass is 9.74. The van der Waals surface area contributed by atoms with Gasteiger partial charge in [0.25, 0.3) is 5.91 Å². The number of aromatic nitrogens is 2. The van der Waals surface area contributed by atoms with Gasteiger partial charge in [0, 0.05) is 11.4 Å². The van der Waals surface area contributed by atoms with Crippen molar-refractivity contribution in [3.63, 3.8) is 0 Å². The lowest BCUT2D eigenvalue weighted by molar-refractivity contribution is -0.123. The van der Waals surface area contributed by atoms with Crippen molar-refractivity contribution in [2.24, 2.45) is 0 Å². The Balaban J connectivity index is 1.64. The fourth-order valence-electron chi connectivity index (χ4n) is 3.64. The van der Waals surface area contributed by atoms with E-state index in [0.29, 0.717) is 18.5 Å². The van der Waals surface area contributed by atoms with Gasteiger partial charge in [-0.2, -0.15) is 23.1 Å². The maximum absolute atomic E-state index is 12.7. The summed E-state index contributed by atoms with van der Waals surface area (Å²) in [4.78, 5) is 21.2. The first-order valence-corrected chi connectivity index (χ1v) is 10.1. The molecular weight excluding hydrogens is 425 g/mol. The highest BCUT2D eigenvalue weighted by Crippen LogP contribution is 2.40. The minimum Gasteiger partial charge on any atom is -0.456 e. The van der Waals surface area contributed by atoms with E-state index in [1.807, 2.05) is 31.2 Å². The normalized spacial score (nSPS) is 16.7. The summed E-state index contributed by atoms with van der Waals surface area (Å²) in [7, 11) is 0. The summed E-state index contributed by atoms with van der Waals surface area (Å²) in [6.07, 6.45) is -2.40. The molecule has 0 unspecified atom stereocenters. The van der Waals surface area contributed by atoms with Gasteiger partial charge in [-0.1, -0.05) is 18.7 Å². The van der Waals surface area contributed by atoms with Crippen molar-refractivity contribution in [3.05, 3.63) is 47.7 Å². The molecular formula is C21H23F3N6O2. The van der Waals surface area contributed by atoms with Gasteiger partial charge in [0.2, 0.25) is 11.8 Å². The second-order valence-electron chi connectivity index (χ2n) is 7.87. The quantitative estimate of drug-likeness (QED) is 0.514. The average molecular weight is 448 g/mol. The molecule has 32 heavy (non-hydrogen) atoms. The summed E-state index contributed by atoms with van der Waals surface area (Å²) < 4.78 is 43.5. The van der Waals surface area contributed by atoms with Gasteiger partial charge in [-0.3, -0.25) is 4.79 Å². The fourth-order valence-corrected chi connectivity index (χ4v) is 3.64. The van der Waals surface area contributed by atoms with Crippen LogP contribution in [0, 0.1) is 6.92 Å². The summed E-state index contributed by atoms with van der Waals surface area (Å²) in [5.74, 6) is 0.0548. The molecule has 2 heterocycles. The Morgan fingerprint density at radius 2 is 2.09 bits per heavy atom. The number of alkyl halides is 3. The van der Waals surface area contributed by atoms with Crippen LogP contribution in [0.25, 0.3) is 0 Å². The zero-order chi connectivity index (χ0) is 22.9. The van der Waals surface area contributed by atoms with Crippen molar-refractivity contribution < 1.29 is 22.7 Å². The third-order valence-corrected chi connectivity index (χ3v) is 5.46. The molecule has 4 N–H and O–H groups in total. The molecule has 4 rings (SSSR count). The lowest BCUT2D eigenvalue weighted by Gasteiger charge is -2.44. The first-order chi connectivity index (χ1) is 15.2. The van der Waals surface area contributed by atoms with Gasteiger partial charge in [-0.05, 0) is 43.9 Å². The molecule has 1 amide bonds. The first kappa shape index (κ1) is 21.7. The van der Waals surface area contributed by atoms with Crippen molar-refractivity contribution in [1.29, 1.82) is 0 Å². The van der Waals surface area contributed by atoms with Crippen molar-refractivity contribution in [2.75, 3.05) is 23.9 Å². The second-order valence-corrected chi connectivity index (χ2v) is 7.87. The number of anilines is 3. The topological polar surface area (TPSA) is 100 Å². The Hall–Kier alpha value is -3.50. The number of aryl methyl sites for hydroxylation is 1. The number of fused-ring (bicyclic) bond motifs is 1. The molecule has 8 nitrogen and oxygen atoms in total. The lowest BCUT2D eigenvalue weighted by Crippen LogP contribution is -2.52. The van der Waals surface area contributed by atoms with Gasteiger partial charge >= 0.3 is 6.18 Å². The third kappa shape index (κ3) is 4.56. The third-order valence-electron chi connectivity index (χ3n) is 5.46. The number of benzene rings is 1. The predicted molar refractivity (Wildman–Crippen MR) is 113 cm³/mol. The maximum atomic E-state index is 12.7. The number of amides is 1. The van der Waals surface area contributed by atoms with Crippen LogP contribution >= 0.6 is 0 Å². The number of carbonyl (C=O) groups excluding carboxylic acids is 1. The van der Waals surface area contributed by atoms with E-state index in [1.165, 1.54) is 0 Å². The van der Waals surface area contributed by atoms with E-state index in [2.05, 4.69) is 37.8 Å². The monoisotopic (exact) mass is 448 g/mol. The molecule has 1 aromatic carbocycles. The number of nitrogens with zero attached hydrogens (tertiary/aromatic N) is 2. The molecule has 1 saturated carbocycles. The van der Waals surface area contributed by atoms with Crippen molar-refractivity contribution in [3.8, 4) is 5.88 Å². The van der Waals surface area contributed by atoms with Crippen molar-refractivity contribution in [2.45, 2.75) is 37.9 Å². The Bertz CT molecular complexity index is 1050. The molecule has 0 spiro atoms. The molecule has 2 aromatic rings. The van der Waals surface area contributed by atoms with Gasteiger partial charge in [-0.15, -0.1) is 0 Å². The van der Waals surface area contributed by atoms with Gasteiger partial charge in [0.15, 0.2) is 12.5 Å². The Labute approximate surface area is 182 Å². The van der Waals surface area contributed by atoms with Crippen LogP contribution in [0.4, 0.5) is 30.6 Å². The van der Waals surface area contributed by atoms with Gasteiger partial charge in [-0.25, -0.2) is 0 Å². The molecule has 1 aromatic heterocycles. The molecule has 0 radical (unpaired) electrons. The molecule has 170 valence electrons. The van der Waals surface area contributed by atoms with E-state index in [9.17, 15) is 18.0 Å². The van der Waals surface area contributed by atoms with Crippen LogP contribution in [0.1, 0.15) is 35.2 Å². The summed E-state index contributed by atoms with van der Waals surface area (Å²) in [6.45, 7) is 4.52. The number of carbonyl (C=O) groups is 1. The van der Waals surface area contributed by atoms with E-state index in [0.717, 1.165) is 12.0 Å². The largest absolute Gasteiger partial charge is 0.456 e. The van der Waals surface area contributed by atoms with Gasteiger partial charge in [0.1, 0.15) is 12.1 Å². The van der Waals surface area contributed by atoms with Crippen LogP contribution in [0.5, 0.6) is 5.88 Å². The highest BCUT2D eigenvalue weighted by Gasteiger charge is 2.42. The zero-order valence-corrected chi connectivity index (χ0v) is 17.4. The zero-order valence-electron chi connectivity index (χ0n) is 17.4. The maximum Gasteiger partial charge on any atom is 0.405 e. The van der Waals surface area contributed by atoms with Crippen LogP contribution in [0.2, 0.25) is 0 Å². The van der Waals surface area contributed by atoms with E-state index in [-0.39, 0.29) is 41.5 Å². The minimum atomic E-state index is -4.36. The molecule has 1 aliphatic carbocycles. The van der Waals surface area contributed by atoms with Crippen molar-refractivity contribution in [1.82, 2.24) is 20.6 Å². The number of rotatable bonds is 7. The smallest absolute Gasteiger partial charge is 0.405 e. The summed E-state index contributed by atoms with van der Waals surface area (Å²) in [6, 6.07) is 7.51. The second kappa shape index (κ2) is 8.21. The molecule has 0 saturated heterocycles. The summed E-state index contributed by atoms with van der Waals surface area (Å²) in [5, 5.41) is 11.2. The Morgan fingerprint density at radius 1 is 1.31 bits per heavy atom. The molecule has 0 atom stereocenters. The number of hydrogen-bond donors (Lipinski definition) is 4. The van der Waals surface area contributed by atoms with E-state index >= 15 is 0 Å². The van der Waals surface area contributed by atoms with Crippen molar-refractivity contribution >= 4 is 23.4 Å². The molecule has 0 bridgehead atoms. The predicted octanol–water partition coefficient (Wildman–Crippen LogP) is 3.61. The van der Waals surface area contributed by atoms with Crippen LogP contribution in [-0.4, -0.2) is 40.9 Å². The summed E-state index contributed by atoms with van der Waals surface area (Å²) >= 11 is 0. The Morgan fingerprint density at radius 3 is 2.75 bits per heavy atom. The highest BCUT2D eigenvalue weighted by atomic mass is 19.4.